The van der Waals surface area contributed by atoms with Crippen LogP contribution >= 0.6 is 11.6 Å². The van der Waals surface area contributed by atoms with Crippen LogP contribution in [0.15, 0.2) is 52.8 Å². The van der Waals surface area contributed by atoms with Crippen LogP contribution in [-0.2, 0) is 9.84 Å². The Bertz CT molecular complexity index is 1030. The lowest BCUT2D eigenvalue weighted by Gasteiger charge is -2.25. The lowest BCUT2D eigenvalue weighted by Crippen LogP contribution is -2.25. The van der Waals surface area contributed by atoms with Gasteiger partial charge in [-0.15, -0.1) is 0 Å². The number of hydrogen-bond donors (Lipinski definition) is 0. The van der Waals surface area contributed by atoms with Gasteiger partial charge in [0.15, 0.2) is 9.87 Å². The standard InChI is InChI=1S/C23H29ClN3O2S/c1-4-6-9-18(5-2)17-27(3)20-12-13-22(26-25)23(16-20)30(28,29)15-14-19-10-7-8-11-21(19)24/h7-8,10-16,18H,4-6,9,17H2,1-3H3/q+1/b15-14-. The molecule has 0 spiro atoms. The summed E-state index contributed by atoms with van der Waals surface area (Å²) in [6.45, 7) is 5.19. The molecule has 2 rings (SSSR count). The van der Waals surface area contributed by atoms with Gasteiger partial charge in [0.1, 0.15) is 0 Å². The Morgan fingerprint density at radius 1 is 1.20 bits per heavy atom. The van der Waals surface area contributed by atoms with Crippen LogP contribution in [0.5, 0.6) is 0 Å². The Morgan fingerprint density at radius 2 is 1.93 bits per heavy atom. The van der Waals surface area contributed by atoms with Crippen LogP contribution in [0.25, 0.3) is 11.1 Å². The molecule has 0 heterocycles. The van der Waals surface area contributed by atoms with Crippen LogP contribution in [0.1, 0.15) is 45.1 Å². The molecule has 0 aliphatic rings. The molecule has 1 unspecified atom stereocenters. The normalized spacial score (nSPS) is 12.6. The number of rotatable bonds is 10. The Hall–Kier alpha value is -2.36. The third kappa shape index (κ3) is 6.32. The van der Waals surface area contributed by atoms with Crippen LogP contribution in [-0.4, -0.2) is 22.0 Å². The molecule has 2 aromatic rings. The molecule has 0 radical (unpaired) electrons. The lowest BCUT2D eigenvalue weighted by molar-refractivity contribution is 0.453. The maximum absolute atomic E-state index is 13.0. The number of nitrogens with zero attached hydrogens (tertiary/aromatic N) is 3. The number of hydrogen-bond acceptors (Lipinski definition) is 4. The molecule has 30 heavy (non-hydrogen) atoms. The van der Waals surface area contributed by atoms with E-state index in [4.69, 9.17) is 11.6 Å². The van der Waals surface area contributed by atoms with E-state index < -0.39 is 9.84 Å². The van der Waals surface area contributed by atoms with E-state index in [0.717, 1.165) is 36.9 Å². The Balaban J connectivity index is 2.33. The summed E-state index contributed by atoms with van der Waals surface area (Å²) in [7, 11) is -1.89. The van der Waals surface area contributed by atoms with Crippen molar-refractivity contribution < 1.29 is 8.42 Å². The fourth-order valence-electron chi connectivity index (χ4n) is 3.31. The molecule has 0 aromatic heterocycles. The highest BCUT2D eigenvalue weighted by atomic mass is 35.5. The summed E-state index contributed by atoms with van der Waals surface area (Å²) in [4.78, 5) is 5.18. The SMILES string of the molecule is CCCCC(CC)CN(C)c1ccc([N+]#N)c(S(=O)(=O)/C=C\c2ccccc2Cl)c1. The van der Waals surface area contributed by atoms with Crippen molar-refractivity contribution in [1.82, 2.24) is 0 Å². The summed E-state index contributed by atoms with van der Waals surface area (Å²) < 4.78 is 25.9. The monoisotopic (exact) mass is 446 g/mol. The van der Waals surface area contributed by atoms with Crippen molar-refractivity contribution >= 4 is 38.9 Å². The number of diazo groups is 1. The Kier molecular flexibility index (Phi) is 8.88. The van der Waals surface area contributed by atoms with Gasteiger partial charge >= 0.3 is 5.69 Å². The Morgan fingerprint density at radius 3 is 2.57 bits per heavy atom. The topological polar surface area (TPSA) is 65.5 Å². The van der Waals surface area contributed by atoms with Crippen molar-refractivity contribution in [2.75, 3.05) is 18.5 Å². The molecule has 0 aliphatic carbocycles. The quantitative estimate of drug-likeness (QED) is 0.371. The minimum Gasteiger partial charge on any atom is -0.374 e. The molecule has 5 nitrogen and oxygen atoms in total. The number of sulfone groups is 1. The second kappa shape index (κ2) is 11.1. The molecule has 1 atom stereocenters. The van der Waals surface area contributed by atoms with Gasteiger partial charge in [-0.3, -0.25) is 0 Å². The van der Waals surface area contributed by atoms with E-state index in [9.17, 15) is 13.8 Å². The minimum absolute atomic E-state index is 0.00832. The molecule has 7 heteroatoms. The lowest BCUT2D eigenvalue weighted by atomic mass is 9.98. The minimum atomic E-state index is -3.84. The summed E-state index contributed by atoms with van der Waals surface area (Å²) in [6.07, 6.45) is 6.01. The number of unbranched alkanes of at least 4 members (excludes halogenated alkanes) is 1. The average molecular weight is 447 g/mol. The van der Waals surface area contributed by atoms with Crippen molar-refractivity contribution in [2.24, 2.45) is 5.92 Å². The first-order valence-corrected chi connectivity index (χ1v) is 12.1. The Labute approximate surface area is 184 Å². The molecule has 0 aliphatic heterocycles. The third-order valence-corrected chi connectivity index (χ3v) is 6.98. The summed E-state index contributed by atoms with van der Waals surface area (Å²) in [5.74, 6) is 0.539. The van der Waals surface area contributed by atoms with E-state index in [1.807, 2.05) is 7.05 Å². The van der Waals surface area contributed by atoms with Crippen molar-refractivity contribution in [2.45, 2.75) is 44.4 Å². The van der Waals surface area contributed by atoms with Gasteiger partial charge in [0.25, 0.3) is 0 Å². The zero-order chi connectivity index (χ0) is 22.1. The van der Waals surface area contributed by atoms with Gasteiger partial charge in [-0.05, 0) is 42.2 Å². The van der Waals surface area contributed by atoms with Gasteiger partial charge in [0, 0.05) is 35.8 Å². The number of anilines is 1. The molecule has 0 N–H and O–H groups in total. The first-order chi connectivity index (χ1) is 14.3. The van der Waals surface area contributed by atoms with Gasteiger partial charge in [-0.2, -0.15) is 0 Å². The zero-order valence-electron chi connectivity index (χ0n) is 17.8. The first-order valence-electron chi connectivity index (χ1n) is 10.2. The third-order valence-electron chi connectivity index (χ3n) is 5.21. The van der Waals surface area contributed by atoms with Crippen LogP contribution in [0.2, 0.25) is 5.02 Å². The molecule has 160 valence electrons. The van der Waals surface area contributed by atoms with Crippen LogP contribution in [0.4, 0.5) is 11.4 Å². The molecule has 0 fully saturated rings. The molecule has 0 amide bonds. The smallest absolute Gasteiger partial charge is 0.374 e. The van der Waals surface area contributed by atoms with Crippen LogP contribution in [0, 0.1) is 11.3 Å². The van der Waals surface area contributed by atoms with Gasteiger partial charge < -0.3 is 4.90 Å². The van der Waals surface area contributed by atoms with Crippen molar-refractivity contribution in [3.63, 3.8) is 0 Å². The van der Waals surface area contributed by atoms with E-state index in [1.54, 1.807) is 36.4 Å². The van der Waals surface area contributed by atoms with E-state index in [1.165, 1.54) is 18.6 Å². The molecular formula is C23H29ClN3O2S+. The van der Waals surface area contributed by atoms with Crippen molar-refractivity contribution in [3.05, 3.63) is 63.4 Å². The van der Waals surface area contributed by atoms with Crippen molar-refractivity contribution in [1.29, 1.82) is 5.39 Å². The van der Waals surface area contributed by atoms with Crippen LogP contribution < -0.4 is 4.90 Å². The predicted molar refractivity (Wildman–Crippen MR) is 125 cm³/mol. The summed E-state index contributed by atoms with van der Waals surface area (Å²) in [5, 5.41) is 10.9. The number of benzene rings is 2. The average Bonchev–Trinajstić information content (AvgIpc) is 2.75. The zero-order valence-corrected chi connectivity index (χ0v) is 19.3. The van der Waals surface area contributed by atoms with Gasteiger partial charge in [0.2, 0.25) is 15.2 Å². The van der Waals surface area contributed by atoms with Gasteiger partial charge in [-0.1, -0.05) is 62.9 Å². The van der Waals surface area contributed by atoms with E-state index >= 15 is 0 Å². The van der Waals surface area contributed by atoms with Gasteiger partial charge in [-0.25, -0.2) is 8.42 Å². The maximum Gasteiger partial charge on any atom is 0.404 e. The number of halogens is 1. The van der Waals surface area contributed by atoms with E-state index in [0.29, 0.717) is 16.5 Å². The van der Waals surface area contributed by atoms with Crippen LogP contribution in [0.3, 0.4) is 0 Å². The highest BCUT2D eigenvalue weighted by Crippen LogP contribution is 2.31. The molecule has 0 saturated heterocycles. The second-order valence-corrected chi connectivity index (χ2v) is 9.63. The van der Waals surface area contributed by atoms with Crippen molar-refractivity contribution in [3.8, 4) is 0 Å². The molecular weight excluding hydrogens is 418 g/mol. The maximum atomic E-state index is 13.0. The summed E-state index contributed by atoms with van der Waals surface area (Å²) >= 11 is 6.11. The largest absolute Gasteiger partial charge is 0.404 e. The fraction of sp³-hybridized carbons (Fsp3) is 0.391. The highest BCUT2D eigenvalue weighted by molar-refractivity contribution is 7.94. The summed E-state index contributed by atoms with van der Waals surface area (Å²) in [6, 6.07) is 11.9. The molecule has 2 aromatic carbocycles. The molecule has 0 bridgehead atoms. The van der Waals surface area contributed by atoms with E-state index in [-0.39, 0.29) is 10.6 Å². The fourth-order valence-corrected chi connectivity index (χ4v) is 4.66. The highest BCUT2D eigenvalue weighted by Gasteiger charge is 2.26. The van der Waals surface area contributed by atoms with E-state index in [2.05, 4.69) is 23.7 Å². The predicted octanol–water partition coefficient (Wildman–Crippen LogP) is 6.92. The first kappa shape index (κ1) is 23.9. The van der Waals surface area contributed by atoms with Gasteiger partial charge in [0.05, 0.1) is 0 Å². The molecule has 0 saturated carbocycles. The summed E-state index contributed by atoms with van der Waals surface area (Å²) in [5.41, 5.74) is 1.37. The second-order valence-electron chi connectivity index (χ2n) is 7.42.